The Labute approximate surface area is 98.8 Å². The summed E-state index contributed by atoms with van der Waals surface area (Å²) >= 11 is 0. The zero-order valence-electron chi connectivity index (χ0n) is 9.98. The van der Waals surface area contributed by atoms with Gasteiger partial charge in [0.05, 0.1) is 11.7 Å². The van der Waals surface area contributed by atoms with Gasteiger partial charge >= 0.3 is 5.97 Å². The maximum Gasteiger partial charge on any atom is 0.308 e. The van der Waals surface area contributed by atoms with Gasteiger partial charge in [0.25, 0.3) is 0 Å². The molecule has 0 fully saturated rings. The first-order chi connectivity index (χ1) is 8.00. The average molecular weight is 231 g/mol. The molecule has 4 heteroatoms. The van der Waals surface area contributed by atoms with E-state index in [2.05, 4.69) is 0 Å². The van der Waals surface area contributed by atoms with Crippen molar-refractivity contribution in [2.75, 3.05) is 0 Å². The number of ether oxygens (including phenoxy) is 1. The average Bonchev–Trinajstić information content (AvgIpc) is 2.57. The number of hydrogen-bond donors (Lipinski definition) is 0. The second-order valence-corrected chi connectivity index (χ2v) is 3.95. The normalized spacial score (nSPS) is 10.5. The largest absolute Gasteiger partial charge is 0.424 e. The topological polar surface area (TPSA) is 48.3 Å². The molecule has 0 aliphatic rings. The molecule has 0 unspecified atom stereocenters. The Hall–Kier alpha value is -2.10. The van der Waals surface area contributed by atoms with Crippen molar-refractivity contribution in [1.29, 1.82) is 0 Å². The standard InChI is InChI=1S/C13H13NO3/c1-8-5-4-6-11-13(8)12(17-10(3)16)7-14(11)9(2)15/h4-7H,1-3H3. The third kappa shape index (κ3) is 1.93. The first-order valence-corrected chi connectivity index (χ1v) is 5.30. The summed E-state index contributed by atoms with van der Waals surface area (Å²) in [5.74, 6) is -0.0735. The van der Waals surface area contributed by atoms with Crippen molar-refractivity contribution in [3.05, 3.63) is 30.0 Å². The molecule has 1 aromatic heterocycles. The lowest BCUT2D eigenvalue weighted by atomic mass is 10.1. The van der Waals surface area contributed by atoms with Gasteiger partial charge in [-0.05, 0) is 18.6 Å². The molecule has 0 bridgehead atoms. The summed E-state index contributed by atoms with van der Waals surface area (Å²) in [5, 5.41) is 0.804. The van der Waals surface area contributed by atoms with E-state index in [-0.39, 0.29) is 5.91 Å². The second-order valence-electron chi connectivity index (χ2n) is 3.95. The fourth-order valence-electron chi connectivity index (χ4n) is 1.92. The lowest BCUT2D eigenvalue weighted by Gasteiger charge is -2.01. The molecular formula is C13H13NO3. The van der Waals surface area contributed by atoms with E-state index in [0.717, 1.165) is 16.5 Å². The van der Waals surface area contributed by atoms with Crippen LogP contribution >= 0.6 is 0 Å². The number of esters is 1. The summed E-state index contributed by atoms with van der Waals surface area (Å²) in [6, 6.07) is 5.62. The van der Waals surface area contributed by atoms with Crippen molar-refractivity contribution in [3.8, 4) is 5.75 Å². The van der Waals surface area contributed by atoms with Crippen molar-refractivity contribution in [2.45, 2.75) is 20.8 Å². The van der Waals surface area contributed by atoms with Crippen LogP contribution in [0, 0.1) is 6.92 Å². The third-order valence-electron chi connectivity index (χ3n) is 2.60. The molecule has 2 rings (SSSR count). The molecule has 0 spiro atoms. The van der Waals surface area contributed by atoms with Crippen molar-refractivity contribution in [1.82, 2.24) is 4.57 Å². The molecule has 1 aromatic carbocycles. The molecule has 0 radical (unpaired) electrons. The number of nitrogens with zero attached hydrogens (tertiary/aromatic N) is 1. The smallest absolute Gasteiger partial charge is 0.308 e. The summed E-state index contributed by atoms with van der Waals surface area (Å²) in [7, 11) is 0. The second kappa shape index (κ2) is 4.05. The van der Waals surface area contributed by atoms with E-state index in [1.54, 1.807) is 6.20 Å². The number of hydrogen-bond acceptors (Lipinski definition) is 3. The third-order valence-corrected chi connectivity index (χ3v) is 2.60. The minimum absolute atomic E-state index is 0.112. The molecular weight excluding hydrogens is 218 g/mol. The van der Waals surface area contributed by atoms with Crippen molar-refractivity contribution >= 4 is 22.8 Å². The minimum Gasteiger partial charge on any atom is -0.424 e. The molecule has 0 aliphatic carbocycles. The van der Waals surface area contributed by atoms with Gasteiger partial charge < -0.3 is 4.74 Å². The highest BCUT2D eigenvalue weighted by Crippen LogP contribution is 2.31. The fourth-order valence-corrected chi connectivity index (χ4v) is 1.92. The van der Waals surface area contributed by atoms with E-state index in [9.17, 15) is 9.59 Å². The SMILES string of the molecule is CC(=O)Oc1cn(C(C)=O)c2cccc(C)c12. The molecule has 2 aromatic rings. The monoisotopic (exact) mass is 231 g/mol. The van der Waals surface area contributed by atoms with Crippen LogP contribution in [0.2, 0.25) is 0 Å². The molecule has 0 amide bonds. The van der Waals surface area contributed by atoms with E-state index >= 15 is 0 Å². The molecule has 0 aliphatic heterocycles. The Morgan fingerprint density at radius 1 is 1.24 bits per heavy atom. The number of fused-ring (bicyclic) bond motifs is 1. The van der Waals surface area contributed by atoms with E-state index < -0.39 is 5.97 Å². The van der Waals surface area contributed by atoms with Crippen molar-refractivity contribution < 1.29 is 14.3 Å². The maximum absolute atomic E-state index is 11.5. The van der Waals surface area contributed by atoms with Gasteiger partial charge in [-0.15, -0.1) is 0 Å². The zero-order valence-corrected chi connectivity index (χ0v) is 9.98. The number of rotatable bonds is 1. The van der Waals surface area contributed by atoms with E-state index in [0.29, 0.717) is 5.75 Å². The van der Waals surface area contributed by atoms with Crippen LogP contribution in [0.25, 0.3) is 10.9 Å². The highest BCUT2D eigenvalue weighted by molar-refractivity contribution is 5.98. The molecule has 0 N–H and O–H groups in total. The molecule has 88 valence electrons. The molecule has 0 saturated heterocycles. The van der Waals surface area contributed by atoms with Crippen LogP contribution < -0.4 is 4.74 Å². The lowest BCUT2D eigenvalue weighted by Crippen LogP contribution is -2.03. The molecule has 17 heavy (non-hydrogen) atoms. The van der Waals surface area contributed by atoms with E-state index in [1.807, 2.05) is 25.1 Å². The van der Waals surface area contributed by atoms with Crippen LogP contribution in [0.1, 0.15) is 24.2 Å². The highest BCUT2D eigenvalue weighted by Gasteiger charge is 2.14. The summed E-state index contributed by atoms with van der Waals surface area (Å²) in [6.07, 6.45) is 1.56. The summed E-state index contributed by atoms with van der Waals surface area (Å²) < 4.78 is 6.61. The Kier molecular flexibility index (Phi) is 2.71. The van der Waals surface area contributed by atoms with Crippen LogP contribution in [-0.2, 0) is 4.79 Å². The lowest BCUT2D eigenvalue weighted by molar-refractivity contribution is -0.131. The predicted molar refractivity (Wildman–Crippen MR) is 64.3 cm³/mol. The van der Waals surface area contributed by atoms with Gasteiger partial charge in [-0.3, -0.25) is 14.2 Å². The van der Waals surface area contributed by atoms with Gasteiger partial charge in [0.15, 0.2) is 5.75 Å². The molecule has 0 saturated carbocycles. The van der Waals surface area contributed by atoms with Crippen LogP contribution in [0.15, 0.2) is 24.4 Å². The van der Waals surface area contributed by atoms with Gasteiger partial charge in [0, 0.05) is 19.2 Å². The first-order valence-electron chi connectivity index (χ1n) is 5.30. The Bertz CT molecular complexity index is 610. The highest BCUT2D eigenvalue weighted by atomic mass is 16.5. The summed E-state index contributed by atoms with van der Waals surface area (Å²) in [5.41, 5.74) is 1.73. The van der Waals surface area contributed by atoms with Crippen LogP contribution in [0.5, 0.6) is 5.75 Å². The Morgan fingerprint density at radius 2 is 1.94 bits per heavy atom. The Balaban J connectivity index is 2.75. The predicted octanol–water partition coefficient (Wildman–Crippen LogP) is 2.54. The van der Waals surface area contributed by atoms with Gasteiger partial charge in [-0.2, -0.15) is 0 Å². The fraction of sp³-hybridized carbons (Fsp3) is 0.231. The maximum atomic E-state index is 11.5. The van der Waals surface area contributed by atoms with E-state index in [4.69, 9.17) is 4.74 Å². The van der Waals surface area contributed by atoms with Gasteiger partial charge in [-0.25, -0.2) is 0 Å². The van der Waals surface area contributed by atoms with Crippen LogP contribution in [0.3, 0.4) is 0 Å². The van der Waals surface area contributed by atoms with Crippen molar-refractivity contribution in [3.63, 3.8) is 0 Å². The Morgan fingerprint density at radius 3 is 2.53 bits per heavy atom. The first kappa shape index (κ1) is 11.4. The minimum atomic E-state index is -0.393. The number of carbonyl (C=O) groups excluding carboxylic acids is 2. The number of carbonyl (C=O) groups is 2. The van der Waals surface area contributed by atoms with Gasteiger partial charge in [-0.1, -0.05) is 12.1 Å². The zero-order chi connectivity index (χ0) is 12.6. The van der Waals surface area contributed by atoms with Gasteiger partial charge in [0.1, 0.15) is 0 Å². The quantitative estimate of drug-likeness (QED) is 0.708. The van der Waals surface area contributed by atoms with Crippen LogP contribution in [-0.4, -0.2) is 16.4 Å². The molecule has 0 atom stereocenters. The van der Waals surface area contributed by atoms with Crippen LogP contribution in [0.4, 0.5) is 0 Å². The van der Waals surface area contributed by atoms with Gasteiger partial charge in [0.2, 0.25) is 5.91 Å². The number of benzene rings is 1. The molecule has 4 nitrogen and oxygen atoms in total. The summed E-state index contributed by atoms with van der Waals surface area (Å²) in [6.45, 7) is 4.73. The number of aromatic nitrogens is 1. The summed E-state index contributed by atoms with van der Waals surface area (Å²) in [4.78, 5) is 22.5. The van der Waals surface area contributed by atoms with Crippen molar-refractivity contribution in [2.24, 2.45) is 0 Å². The number of aryl methyl sites for hydroxylation is 1. The molecule has 1 heterocycles. The van der Waals surface area contributed by atoms with E-state index in [1.165, 1.54) is 18.4 Å².